The monoisotopic (exact) mass is 201 g/mol. The molecule has 0 bridgehead atoms. The predicted octanol–water partition coefficient (Wildman–Crippen LogP) is 3.14. The summed E-state index contributed by atoms with van der Waals surface area (Å²) in [7, 11) is 0. The minimum atomic E-state index is 0.632. The van der Waals surface area contributed by atoms with Crippen LogP contribution in [0.4, 0.5) is 0 Å². The molecule has 1 nitrogen and oxygen atoms in total. The van der Waals surface area contributed by atoms with Crippen molar-refractivity contribution in [2.75, 3.05) is 6.54 Å². The molecule has 2 aliphatic rings. The van der Waals surface area contributed by atoms with E-state index in [0.717, 1.165) is 11.8 Å². The van der Waals surface area contributed by atoms with Crippen molar-refractivity contribution in [3.63, 3.8) is 0 Å². The molecule has 1 aliphatic carbocycles. The SMILES string of the molecule is c1ccc(C2NCCC3CCCC32)cc1. The molecular formula is C14H19N. The fourth-order valence-corrected chi connectivity index (χ4v) is 3.46. The molecule has 2 fully saturated rings. The Morgan fingerprint density at radius 2 is 1.87 bits per heavy atom. The Hall–Kier alpha value is -0.820. The second kappa shape index (κ2) is 3.97. The van der Waals surface area contributed by atoms with Gasteiger partial charge in [-0.25, -0.2) is 0 Å². The summed E-state index contributed by atoms with van der Waals surface area (Å²) >= 11 is 0. The zero-order valence-corrected chi connectivity index (χ0v) is 9.15. The lowest BCUT2D eigenvalue weighted by molar-refractivity contribution is 0.222. The quantitative estimate of drug-likeness (QED) is 0.736. The van der Waals surface area contributed by atoms with Crippen molar-refractivity contribution >= 4 is 0 Å². The van der Waals surface area contributed by atoms with Gasteiger partial charge in [-0.1, -0.05) is 43.2 Å². The van der Waals surface area contributed by atoms with Crippen molar-refractivity contribution in [2.24, 2.45) is 11.8 Å². The third-order valence-electron chi connectivity index (χ3n) is 4.18. The van der Waals surface area contributed by atoms with Crippen LogP contribution in [0.2, 0.25) is 0 Å². The molecule has 0 aromatic heterocycles. The fraction of sp³-hybridized carbons (Fsp3) is 0.571. The van der Waals surface area contributed by atoms with E-state index in [2.05, 4.69) is 35.6 Å². The van der Waals surface area contributed by atoms with Gasteiger partial charge in [0.15, 0.2) is 0 Å². The van der Waals surface area contributed by atoms with E-state index in [-0.39, 0.29) is 0 Å². The van der Waals surface area contributed by atoms with Crippen LogP contribution in [0.3, 0.4) is 0 Å². The van der Waals surface area contributed by atoms with Crippen molar-refractivity contribution in [2.45, 2.75) is 31.7 Å². The van der Waals surface area contributed by atoms with Crippen molar-refractivity contribution in [1.82, 2.24) is 5.32 Å². The molecule has 1 aromatic rings. The molecule has 80 valence electrons. The normalized spacial score (nSPS) is 35.1. The molecule has 3 atom stereocenters. The average molecular weight is 201 g/mol. The highest BCUT2D eigenvalue weighted by Gasteiger charge is 2.36. The number of nitrogens with one attached hydrogen (secondary N) is 1. The molecule has 1 N–H and O–H groups in total. The smallest absolute Gasteiger partial charge is 0.0351 e. The second-order valence-electron chi connectivity index (χ2n) is 4.99. The van der Waals surface area contributed by atoms with Crippen LogP contribution in [-0.2, 0) is 0 Å². The molecule has 0 radical (unpaired) electrons. The van der Waals surface area contributed by atoms with E-state index in [1.54, 1.807) is 0 Å². The molecule has 1 aromatic carbocycles. The third-order valence-corrected chi connectivity index (χ3v) is 4.18. The van der Waals surface area contributed by atoms with Crippen LogP contribution in [0.25, 0.3) is 0 Å². The van der Waals surface area contributed by atoms with Gasteiger partial charge in [0, 0.05) is 6.04 Å². The maximum absolute atomic E-state index is 3.71. The summed E-state index contributed by atoms with van der Waals surface area (Å²) in [6.07, 6.45) is 5.74. The van der Waals surface area contributed by atoms with Crippen LogP contribution in [0, 0.1) is 11.8 Å². The Balaban J connectivity index is 1.85. The number of hydrogen-bond acceptors (Lipinski definition) is 1. The molecule has 1 heteroatoms. The molecule has 3 rings (SSSR count). The van der Waals surface area contributed by atoms with Crippen molar-refractivity contribution in [3.8, 4) is 0 Å². The highest BCUT2D eigenvalue weighted by molar-refractivity contribution is 5.21. The first-order valence-electron chi connectivity index (χ1n) is 6.23. The highest BCUT2D eigenvalue weighted by Crippen LogP contribution is 2.44. The Kier molecular flexibility index (Phi) is 2.49. The zero-order chi connectivity index (χ0) is 10.1. The minimum absolute atomic E-state index is 0.632. The summed E-state index contributed by atoms with van der Waals surface area (Å²) in [5.41, 5.74) is 1.49. The first kappa shape index (κ1) is 9.41. The molecule has 1 saturated heterocycles. The molecule has 1 heterocycles. The van der Waals surface area contributed by atoms with E-state index in [1.807, 2.05) is 0 Å². The van der Waals surface area contributed by atoms with Gasteiger partial charge in [0.05, 0.1) is 0 Å². The summed E-state index contributed by atoms with van der Waals surface area (Å²) in [6, 6.07) is 11.6. The van der Waals surface area contributed by atoms with Gasteiger partial charge in [0.25, 0.3) is 0 Å². The number of rotatable bonds is 1. The Morgan fingerprint density at radius 3 is 2.73 bits per heavy atom. The minimum Gasteiger partial charge on any atom is -0.310 e. The number of hydrogen-bond donors (Lipinski definition) is 1. The summed E-state index contributed by atoms with van der Waals surface area (Å²) < 4.78 is 0. The average Bonchev–Trinajstić information content (AvgIpc) is 2.78. The van der Waals surface area contributed by atoms with Crippen molar-refractivity contribution in [1.29, 1.82) is 0 Å². The van der Waals surface area contributed by atoms with Gasteiger partial charge in [-0.15, -0.1) is 0 Å². The lowest BCUT2D eigenvalue weighted by Crippen LogP contribution is -2.37. The fourth-order valence-electron chi connectivity index (χ4n) is 3.46. The van der Waals surface area contributed by atoms with E-state index in [4.69, 9.17) is 0 Å². The van der Waals surface area contributed by atoms with E-state index < -0.39 is 0 Å². The van der Waals surface area contributed by atoms with Gasteiger partial charge in [-0.05, 0) is 36.8 Å². The molecular weight excluding hydrogens is 182 g/mol. The van der Waals surface area contributed by atoms with Crippen molar-refractivity contribution < 1.29 is 0 Å². The van der Waals surface area contributed by atoms with E-state index in [0.29, 0.717) is 6.04 Å². The van der Waals surface area contributed by atoms with E-state index in [1.165, 1.54) is 37.8 Å². The lowest BCUT2D eigenvalue weighted by Gasteiger charge is -2.35. The molecule has 3 unspecified atom stereocenters. The van der Waals surface area contributed by atoms with Gasteiger partial charge in [-0.2, -0.15) is 0 Å². The maximum Gasteiger partial charge on any atom is 0.0351 e. The van der Waals surface area contributed by atoms with Gasteiger partial charge < -0.3 is 5.32 Å². The number of benzene rings is 1. The molecule has 0 amide bonds. The molecule has 15 heavy (non-hydrogen) atoms. The van der Waals surface area contributed by atoms with Crippen LogP contribution in [-0.4, -0.2) is 6.54 Å². The Labute approximate surface area is 91.9 Å². The summed E-state index contributed by atoms with van der Waals surface area (Å²) in [5, 5.41) is 3.71. The summed E-state index contributed by atoms with van der Waals surface area (Å²) in [4.78, 5) is 0. The highest BCUT2D eigenvalue weighted by atomic mass is 14.9. The largest absolute Gasteiger partial charge is 0.310 e. The Bertz CT molecular complexity index is 319. The molecule has 1 saturated carbocycles. The number of fused-ring (bicyclic) bond motifs is 1. The molecule has 1 aliphatic heterocycles. The number of piperidine rings is 1. The maximum atomic E-state index is 3.71. The van der Waals surface area contributed by atoms with Crippen LogP contribution in [0.5, 0.6) is 0 Å². The summed E-state index contributed by atoms with van der Waals surface area (Å²) in [6.45, 7) is 1.21. The van der Waals surface area contributed by atoms with Gasteiger partial charge in [0.1, 0.15) is 0 Å². The van der Waals surface area contributed by atoms with Gasteiger partial charge in [0.2, 0.25) is 0 Å². The first-order chi connectivity index (χ1) is 7.45. The second-order valence-corrected chi connectivity index (χ2v) is 4.99. The predicted molar refractivity (Wildman–Crippen MR) is 62.6 cm³/mol. The zero-order valence-electron chi connectivity index (χ0n) is 9.15. The Morgan fingerprint density at radius 1 is 1.00 bits per heavy atom. The van der Waals surface area contributed by atoms with E-state index >= 15 is 0 Å². The van der Waals surface area contributed by atoms with Crippen LogP contribution >= 0.6 is 0 Å². The van der Waals surface area contributed by atoms with Crippen LogP contribution < -0.4 is 5.32 Å². The first-order valence-corrected chi connectivity index (χ1v) is 6.23. The van der Waals surface area contributed by atoms with Crippen LogP contribution in [0.15, 0.2) is 30.3 Å². The summed E-state index contributed by atoms with van der Waals surface area (Å²) in [5.74, 6) is 1.90. The standard InChI is InChI=1S/C14H19N/c1-2-5-12(6-3-1)14-13-8-4-7-11(13)9-10-15-14/h1-3,5-6,11,13-15H,4,7-10H2. The van der Waals surface area contributed by atoms with Crippen LogP contribution in [0.1, 0.15) is 37.3 Å². The van der Waals surface area contributed by atoms with E-state index in [9.17, 15) is 0 Å². The van der Waals surface area contributed by atoms with Gasteiger partial charge >= 0.3 is 0 Å². The topological polar surface area (TPSA) is 12.0 Å². The third kappa shape index (κ3) is 1.69. The van der Waals surface area contributed by atoms with Crippen molar-refractivity contribution in [3.05, 3.63) is 35.9 Å². The molecule has 0 spiro atoms. The van der Waals surface area contributed by atoms with Gasteiger partial charge in [-0.3, -0.25) is 0 Å². The lowest BCUT2D eigenvalue weighted by atomic mass is 9.80.